The first-order valence-corrected chi connectivity index (χ1v) is 7.85. The van der Waals surface area contributed by atoms with Gasteiger partial charge in [0.15, 0.2) is 0 Å². The number of hydrogen-bond donors (Lipinski definition) is 1. The van der Waals surface area contributed by atoms with E-state index in [9.17, 15) is 0 Å². The highest BCUT2D eigenvalue weighted by Crippen LogP contribution is 2.23. The van der Waals surface area contributed by atoms with Gasteiger partial charge in [-0.3, -0.25) is 4.98 Å². The van der Waals surface area contributed by atoms with E-state index in [2.05, 4.69) is 75.6 Å². The number of pyridine rings is 1. The van der Waals surface area contributed by atoms with Crippen LogP contribution in [0.25, 0.3) is 10.9 Å². The van der Waals surface area contributed by atoms with Gasteiger partial charge in [0, 0.05) is 28.6 Å². The molecule has 0 saturated carbocycles. The molecule has 3 aromatic rings. The van der Waals surface area contributed by atoms with Crippen molar-refractivity contribution in [1.82, 2.24) is 10.3 Å². The van der Waals surface area contributed by atoms with E-state index >= 15 is 0 Å². The predicted molar refractivity (Wildman–Crippen MR) is 98.4 cm³/mol. The number of aromatic nitrogens is 1. The number of benzene rings is 2. The van der Waals surface area contributed by atoms with Crippen LogP contribution in [0.2, 0.25) is 0 Å². The Morgan fingerprint density at radius 1 is 1.05 bits per heavy atom. The summed E-state index contributed by atoms with van der Waals surface area (Å²) in [6, 6.07) is 19.0. The van der Waals surface area contributed by atoms with E-state index in [-0.39, 0.29) is 18.4 Å². The first-order chi connectivity index (χ1) is 10.3. The van der Waals surface area contributed by atoms with Crippen LogP contribution in [0, 0.1) is 0 Å². The first-order valence-electron chi connectivity index (χ1n) is 7.06. The highest BCUT2D eigenvalue weighted by Gasteiger charge is 2.09. The SMILES string of the molecule is CC(NCc1cccc2cccnc12)c1ccccc1Br.Cl. The molecule has 0 saturated heterocycles. The summed E-state index contributed by atoms with van der Waals surface area (Å²) in [6.07, 6.45) is 1.85. The normalized spacial score (nSPS) is 11.9. The summed E-state index contributed by atoms with van der Waals surface area (Å²) < 4.78 is 1.14. The van der Waals surface area contributed by atoms with Crippen molar-refractivity contribution in [3.05, 3.63) is 76.4 Å². The van der Waals surface area contributed by atoms with Crippen LogP contribution in [-0.4, -0.2) is 4.98 Å². The van der Waals surface area contributed by atoms with Crippen LogP contribution in [0.5, 0.6) is 0 Å². The van der Waals surface area contributed by atoms with Gasteiger partial charge in [-0.1, -0.05) is 58.4 Å². The average molecular weight is 378 g/mol. The molecule has 0 aliphatic rings. The number of hydrogen-bond acceptors (Lipinski definition) is 2. The minimum absolute atomic E-state index is 0. The monoisotopic (exact) mass is 376 g/mol. The average Bonchev–Trinajstić information content (AvgIpc) is 2.53. The highest BCUT2D eigenvalue weighted by molar-refractivity contribution is 9.10. The summed E-state index contributed by atoms with van der Waals surface area (Å²) in [5, 5.41) is 4.76. The van der Waals surface area contributed by atoms with Gasteiger partial charge in [0.05, 0.1) is 5.52 Å². The Bertz CT molecular complexity index is 755. The third kappa shape index (κ3) is 3.67. The topological polar surface area (TPSA) is 24.9 Å². The van der Waals surface area contributed by atoms with Crippen LogP contribution in [0.15, 0.2) is 65.3 Å². The molecule has 1 unspecified atom stereocenters. The van der Waals surface area contributed by atoms with Crippen LogP contribution in [0.1, 0.15) is 24.1 Å². The molecule has 1 heterocycles. The molecule has 0 aliphatic heterocycles. The maximum absolute atomic E-state index is 4.50. The van der Waals surface area contributed by atoms with E-state index in [1.54, 1.807) is 0 Å². The van der Waals surface area contributed by atoms with Gasteiger partial charge in [-0.2, -0.15) is 0 Å². The Hall–Kier alpha value is -1.42. The van der Waals surface area contributed by atoms with Crippen molar-refractivity contribution in [3.8, 4) is 0 Å². The number of fused-ring (bicyclic) bond motifs is 1. The zero-order chi connectivity index (χ0) is 14.7. The molecule has 1 aromatic heterocycles. The zero-order valence-corrected chi connectivity index (χ0v) is 14.7. The molecule has 0 radical (unpaired) electrons. The first kappa shape index (κ1) is 16.9. The van der Waals surface area contributed by atoms with E-state index in [4.69, 9.17) is 0 Å². The summed E-state index contributed by atoms with van der Waals surface area (Å²) in [7, 11) is 0. The molecule has 0 bridgehead atoms. The Kier molecular flexibility index (Phi) is 5.95. The maximum Gasteiger partial charge on any atom is 0.0746 e. The van der Waals surface area contributed by atoms with Gasteiger partial charge in [0.2, 0.25) is 0 Å². The Balaban J connectivity index is 0.00000176. The lowest BCUT2D eigenvalue weighted by Crippen LogP contribution is -2.18. The summed E-state index contributed by atoms with van der Waals surface area (Å²) in [6.45, 7) is 2.98. The summed E-state index contributed by atoms with van der Waals surface area (Å²) in [5.41, 5.74) is 3.57. The van der Waals surface area contributed by atoms with Gasteiger partial charge in [0.25, 0.3) is 0 Å². The van der Waals surface area contributed by atoms with Crippen LogP contribution in [-0.2, 0) is 6.54 Å². The van der Waals surface area contributed by atoms with E-state index in [0.717, 1.165) is 16.5 Å². The van der Waals surface area contributed by atoms with Crippen LogP contribution in [0.3, 0.4) is 0 Å². The van der Waals surface area contributed by atoms with Crippen LogP contribution in [0.4, 0.5) is 0 Å². The molecule has 22 heavy (non-hydrogen) atoms. The second-order valence-electron chi connectivity index (χ2n) is 5.12. The summed E-state index contributed by atoms with van der Waals surface area (Å²) >= 11 is 3.61. The fourth-order valence-corrected chi connectivity index (χ4v) is 3.14. The molecule has 0 amide bonds. The van der Waals surface area contributed by atoms with E-state index in [0.29, 0.717) is 0 Å². The molecule has 0 aliphatic carbocycles. The second-order valence-corrected chi connectivity index (χ2v) is 5.97. The minimum atomic E-state index is 0. The number of para-hydroxylation sites is 1. The van der Waals surface area contributed by atoms with Crippen molar-refractivity contribution < 1.29 is 0 Å². The van der Waals surface area contributed by atoms with Gasteiger partial charge in [-0.25, -0.2) is 0 Å². The van der Waals surface area contributed by atoms with Crippen LogP contribution >= 0.6 is 28.3 Å². The largest absolute Gasteiger partial charge is 0.306 e. The van der Waals surface area contributed by atoms with E-state index in [1.807, 2.05) is 18.3 Å². The Morgan fingerprint density at radius 3 is 2.64 bits per heavy atom. The molecule has 2 aromatic carbocycles. The van der Waals surface area contributed by atoms with Crippen molar-refractivity contribution in [3.63, 3.8) is 0 Å². The van der Waals surface area contributed by atoms with Gasteiger partial charge < -0.3 is 5.32 Å². The number of halogens is 2. The quantitative estimate of drug-likeness (QED) is 0.670. The molecule has 0 spiro atoms. The molecule has 3 rings (SSSR count). The van der Waals surface area contributed by atoms with Crippen molar-refractivity contribution in [2.45, 2.75) is 19.5 Å². The maximum atomic E-state index is 4.50. The molecule has 2 nitrogen and oxygen atoms in total. The zero-order valence-electron chi connectivity index (χ0n) is 12.3. The third-order valence-corrected chi connectivity index (χ3v) is 4.41. The van der Waals surface area contributed by atoms with Gasteiger partial charge in [0.1, 0.15) is 0 Å². The Morgan fingerprint density at radius 2 is 1.82 bits per heavy atom. The summed E-state index contributed by atoms with van der Waals surface area (Å²) in [4.78, 5) is 4.50. The standard InChI is InChI=1S/C18H17BrN2.ClH/c1-13(16-9-2-3-10-17(16)19)21-12-15-7-4-6-14-8-5-11-20-18(14)15;/h2-11,13,21H,12H2,1H3;1H. The lowest BCUT2D eigenvalue weighted by molar-refractivity contribution is 0.574. The lowest BCUT2D eigenvalue weighted by Gasteiger charge is -2.16. The molecular weight excluding hydrogens is 360 g/mol. The number of nitrogens with zero attached hydrogens (tertiary/aromatic N) is 1. The van der Waals surface area contributed by atoms with Gasteiger partial charge >= 0.3 is 0 Å². The van der Waals surface area contributed by atoms with Gasteiger partial charge in [-0.15, -0.1) is 12.4 Å². The molecular formula is C18H18BrClN2. The highest BCUT2D eigenvalue weighted by atomic mass is 79.9. The fraction of sp³-hybridized carbons (Fsp3) is 0.167. The molecule has 114 valence electrons. The molecule has 1 N–H and O–H groups in total. The van der Waals surface area contributed by atoms with Gasteiger partial charge in [-0.05, 0) is 30.2 Å². The fourth-order valence-electron chi connectivity index (χ4n) is 2.51. The molecule has 0 fully saturated rings. The van der Waals surface area contributed by atoms with Crippen molar-refractivity contribution in [2.24, 2.45) is 0 Å². The van der Waals surface area contributed by atoms with E-state index in [1.165, 1.54) is 16.5 Å². The number of rotatable bonds is 4. The van der Waals surface area contributed by atoms with Crippen molar-refractivity contribution in [1.29, 1.82) is 0 Å². The smallest absolute Gasteiger partial charge is 0.0746 e. The second kappa shape index (κ2) is 7.73. The third-order valence-electron chi connectivity index (χ3n) is 3.69. The van der Waals surface area contributed by atoms with Crippen molar-refractivity contribution >= 4 is 39.2 Å². The molecule has 1 atom stereocenters. The van der Waals surface area contributed by atoms with Crippen molar-refractivity contribution in [2.75, 3.05) is 0 Å². The molecule has 4 heteroatoms. The lowest BCUT2D eigenvalue weighted by atomic mass is 10.1. The number of nitrogens with one attached hydrogen (secondary N) is 1. The van der Waals surface area contributed by atoms with E-state index < -0.39 is 0 Å². The predicted octanol–water partition coefficient (Wildman–Crippen LogP) is 5.27. The minimum Gasteiger partial charge on any atom is -0.306 e. The Labute approximate surface area is 145 Å². The summed E-state index contributed by atoms with van der Waals surface area (Å²) in [5.74, 6) is 0. The van der Waals surface area contributed by atoms with Crippen LogP contribution < -0.4 is 5.32 Å².